The van der Waals surface area contributed by atoms with Gasteiger partial charge in [-0.2, -0.15) is 0 Å². The number of carbonyl (C=O) groups is 1. The molecule has 0 aliphatic carbocycles. The number of halogens is 1. The van der Waals surface area contributed by atoms with Gasteiger partial charge in [0.25, 0.3) is 5.91 Å². The second-order valence-electron chi connectivity index (χ2n) is 7.08. The molecule has 0 saturated carbocycles. The van der Waals surface area contributed by atoms with E-state index in [0.717, 1.165) is 16.9 Å². The molecule has 32 heavy (non-hydrogen) atoms. The Morgan fingerprint density at radius 2 is 1.97 bits per heavy atom. The van der Waals surface area contributed by atoms with Gasteiger partial charge in [0, 0.05) is 18.4 Å². The molecule has 1 unspecified atom stereocenters. The topological polar surface area (TPSA) is 69.7 Å². The van der Waals surface area contributed by atoms with Crippen molar-refractivity contribution in [2.75, 3.05) is 19.5 Å². The Bertz CT molecular complexity index is 1060. The van der Waals surface area contributed by atoms with Crippen molar-refractivity contribution in [3.8, 4) is 11.5 Å². The normalized spacial score (nSPS) is 15.4. The van der Waals surface area contributed by atoms with Crippen molar-refractivity contribution >= 4 is 17.7 Å². The van der Waals surface area contributed by atoms with Gasteiger partial charge >= 0.3 is 0 Å². The number of amides is 1. The number of nitrogens with one attached hydrogen (secondary N) is 1. The van der Waals surface area contributed by atoms with E-state index < -0.39 is 5.91 Å². The maximum absolute atomic E-state index is 13.2. The molecule has 4 rings (SSSR count). The lowest BCUT2D eigenvalue weighted by molar-refractivity contribution is 0.0937. The van der Waals surface area contributed by atoms with Gasteiger partial charge in [-0.3, -0.25) is 4.79 Å². The van der Waals surface area contributed by atoms with E-state index in [4.69, 9.17) is 14.2 Å². The second kappa shape index (κ2) is 10.5. The summed E-state index contributed by atoms with van der Waals surface area (Å²) in [5, 5.41) is 2.84. The number of ether oxygens (including phenoxy) is 3. The van der Waals surface area contributed by atoms with Crippen molar-refractivity contribution in [3.63, 3.8) is 0 Å². The number of benzene rings is 2. The average Bonchev–Trinajstić information content (AvgIpc) is 3.37. The summed E-state index contributed by atoms with van der Waals surface area (Å²) in [6.07, 6.45) is 0. The summed E-state index contributed by atoms with van der Waals surface area (Å²) >= 11 is 1.61. The molecule has 1 fully saturated rings. The molecule has 1 amide bonds. The number of hydrogen-bond acceptors (Lipinski definition) is 6. The van der Waals surface area contributed by atoms with Crippen molar-refractivity contribution in [2.24, 2.45) is 0 Å². The van der Waals surface area contributed by atoms with Crippen molar-refractivity contribution in [2.45, 2.75) is 18.6 Å². The minimum Gasteiger partial charge on any atom is -0.493 e. The van der Waals surface area contributed by atoms with Crippen molar-refractivity contribution in [1.29, 1.82) is 0 Å². The highest BCUT2D eigenvalue weighted by atomic mass is 32.2. The third-order valence-corrected chi connectivity index (χ3v) is 5.93. The Labute approximate surface area is 190 Å². The van der Waals surface area contributed by atoms with Crippen molar-refractivity contribution in [1.82, 2.24) is 10.3 Å². The van der Waals surface area contributed by atoms with Crippen LogP contribution in [0.25, 0.3) is 0 Å². The fourth-order valence-corrected chi connectivity index (χ4v) is 4.11. The number of thioether (sulfide) groups is 1. The molecule has 2 aromatic carbocycles. The monoisotopic (exact) mass is 454 g/mol. The maximum Gasteiger partial charge on any atom is 0.274 e. The van der Waals surface area contributed by atoms with Crippen LogP contribution in [-0.4, -0.2) is 30.4 Å². The lowest BCUT2D eigenvalue weighted by atomic mass is 10.2. The summed E-state index contributed by atoms with van der Waals surface area (Å²) in [7, 11) is 1.53. The minimum atomic E-state index is -0.416. The molecular formula is C24H23FN2O4S. The van der Waals surface area contributed by atoms with Gasteiger partial charge in [-0.1, -0.05) is 42.5 Å². The molecule has 1 atom stereocenters. The summed E-state index contributed by atoms with van der Waals surface area (Å²) in [4.78, 5) is 17.7. The van der Waals surface area contributed by atoms with Gasteiger partial charge in [-0.25, -0.2) is 9.37 Å². The number of rotatable bonds is 8. The molecule has 166 valence electrons. The van der Waals surface area contributed by atoms with Crippen LogP contribution in [0.1, 0.15) is 32.7 Å². The molecule has 8 heteroatoms. The molecule has 0 spiro atoms. The van der Waals surface area contributed by atoms with Crippen LogP contribution in [0.5, 0.6) is 11.5 Å². The summed E-state index contributed by atoms with van der Waals surface area (Å²) in [6, 6.07) is 17.3. The highest BCUT2D eigenvalue weighted by molar-refractivity contribution is 7.99. The number of hydrogen-bond donors (Lipinski definition) is 1. The zero-order chi connectivity index (χ0) is 22.3. The molecule has 1 N–H and O–H groups in total. The molecule has 1 aromatic heterocycles. The van der Waals surface area contributed by atoms with Gasteiger partial charge in [-0.05, 0) is 23.3 Å². The summed E-state index contributed by atoms with van der Waals surface area (Å²) < 4.78 is 30.4. The molecule has 3 aromatic rings. The van der Waals surface area contributed by atoms with Crippen LogP contribution < -0.4 is 14.8 Å². The minimum absolute atomic E-state index is 0.119. The van der Waals surface area contributed by atoms with E-state index in [-0.39, 0.29) is 35.8 Å². The first-order valence-corrected chi connectivity index (χ1v) is 11.2. The number of nitrogens with zero attached hydrogens (tertiary/aromatic N) is 1. The van der Waals surface area contributed by atoms with Gasteiger partial charge < -0.3 is 19.5 Å². The highest BCUT2D eigenvalue weighted by Crippen LogP contribution is 2.39. The third kappa shape index (κ3) is 5.38. The first kappa shape index (κ1) is 22.1. The second-order valence-corrected chi connectivity index (χ2v) is 8.25. The van der Waals surface area contributed by atoms with Gasteiger partial charge in [-0.15, -0.1) is 11.8 Å². The quantitative estimate of drug-likeness (QED) is 0.541. The molecule has 0 radical (unpaired) electrons. The fourth-order valence-electron chi connectivity index (χ4n) is 3.22. The van der Waals surface area contributed by atoms with Crippen LogP contribution in [-0.2, 0) is 17.9 Å². The third-order valence-electron chi connectivity index (χ3n) is 4.85. The standard InChI is InChI=1S/C24H23FN2O4S/c1-29-20-13-19(24-30-11-12-32-24)27-21(22(20)31-15-17-5-3-2-4-6-17)23(28)26-14-16-7-9-18(25)10-8-16/h2-10,13,24H,11-12,14-15H2,1H3,(H,26,28). The van der Waals surface area contributed by atoms with Gasteiger partial charge in [0.2, 0.25) is 0 Å². The van der Waals surface area contributed by atoms with E-state index >= 15 is 0 Å². The van der Waals surface area contributed by atoms with E-state index in [0.29, 0.717) is 18.1 Å². The van der Waals surface area contributed by atoms with E-state index in [1.165, 1.54) is 19.2 Å². The van der Waals surface area contributed by atoms with Gasteiger partial charge in [0.05, 0.1) is 19.4 Å². The number of carbonyl (C=O) groups excluding carboxylic acids is 1. The number of pyridine rings is 1. The van der Waals surface area contributed by atoms with Gasteiger partial charge in [0.15, 0.2) is 17.2 Å². The molecule has 1 saturated heterocycles. The molecule has 1 aliphatic rings. The predicted molar refractivity (Wildman–Crippen MR) is 120 cm³/mol. The Hall–Kier alpha value is -3.10. The van der Waals surface area contributed by atoms with Crippen LogP contribution in [0.3, 0.4) is 0 Å². The maximum atomic E-state index is 13.2. The number of aromatic nitrogens is 1. The Morgan fingerprint density at radius 1 is 1.19 bits per heavy atom. The van der Waals surface area contributed by atoms with E-state index in [1.807, 2.05) is 30.3 Å². The first-order chi connectivity index (χ1) is 15.6. The summed E-state index contributed by atoms with van der Waals surface area (Å²) in [5.74, 6) is 0.784. The largest absolute Gasteiger partial charge is 0.493 e. The van der Waals surface area contributed by atoms with Crippen LogP contribution in [0.2, 0.25) is 0 Å². The van der Waals surface area contributed by atoms with Crippen LogP contribution in [0.15, 0.2) is 60.7 Å². The fraction of sp³-hybridized carbons (Fsp3) is 0.250. The molecule has 1 aliphatic heterocycles. The molecule has 6 nitrogen and oxygen atoms in total. The molecule has 2 heterocycles. The zero-order valence-corrected chi connectivity index (χ0v) is 18.4. The SMILES string of the molecule is COc1cc(C2OCCS2)nc(C(=O)NCc2ccc(F)cc2)c1OCc1ccccc1. The molecule has 0 bridgehead atoms. The van der Waals surface area contributed by atoms with Crippen LogP contribution in [0, 0.1) is 5.82 Å². The van der Waals surface area contributed by atoms with Crippen molar-refractivity contribution in [3.05, 3.63) is 89.0 Å². The number of methoxy groups -OCH3 is 1. The lowest BCUT2D eigenvalue weighted by Gasteiger charge is -2.18. The first-order valence-electron chi connectivity index (χ1n) is 10.2. The van der Waals surface area contributed by atoms with Crippen LogP contribution in [0.4, 0.5) is 4.39 Å². The zero-order valence-electron chi connectivity index (χ0n) is 17.5. The van der Waals surface area contributed by atoms with Crippen LogP contribution >= 0.6 is 11.8 Å². The Kier molecular flexibility index (Phi) is 7.24. The van der Waals surface area contributed by atoms with E-state index in [1.54, 1.807) is 30.0 Å². The molecular weight excluding hydrogens is 431 g/mol. The smallest absolute Gasteiger partial charge is 0.274 e. The summed E-state index contributed by atoms with van der Waals surface area (Å²) in [5.41, 5.74) is 2.17. The van der Waals surface area contributed by atoms with E-state index in [2.05, 4.69) is 10.3 Å². The predicted octanol–water partition coefficient (Wildman–Crippen LogP) is 4.50. The Balaban J connectivity index is 1.61. The van der Waals surface area contributed by atoms with E-state index in [9.17, 15) is 9.18 Å². The summed E-state index contributed by atoms with van der Waals surface area (Å²) in [6.45, 7) is 1.10. The van der Waals surface area contributed by atoms with Crippen molar-refractivity contribution < 1.29 is 23.4 Å². The lowest BCUT2D eigenvalue weighted by Crippen LogP contribution is -2.25. The Morgan fingerprint density at radius 3 is 2.66 bits per heavy atom. The highest BCUT2D eigenvalue weighted by Gasteiger charge is 2.27. The van der Waals surface area contributed by atoms with Gasteiger partial charge in [0.1, 0.15) is 17.9 Å². The average molecular weight is 455 g/mol.